The van der Waals surface area contributed by atoms with E-state index in [9.17, 15) is 4.79 Å². The van der Waals surface area contributed by atoms with Crippen molar-refractivity contribution in [3.05, 3.63) is 69.7 Å². The van der Waals surface area contributed by atoms with Crippen LogP contribution in [0.2, 0.25) is 10.0 Å². The Morgan fingerprint density at radius 3 is 2.32 bits per heavy atom. The molecule has 0 bridgehead atoms. The molecule has 0 aliphatic carbocycles. The third-order valence-corrected chi connectivity index (χ3v) is 6.21. The number of nitrogens with one attached hydrogen (secondary N) is 1. The molecule has 0 aromatic heterocycles. The fourth-order valence-electron chi connectivity index (χ4n) is 4.53. The molecule has 2 aromatic rings. The lowest BCUT2D eigenvalue weighted by Crippen LogP contribution is -2.51. The van der Waals surface area contributed by atoms with Crippen LogP contribution >= 0.6 is 23.2 Å². The molecule has 1 heterocycles. The molecule has 3 N–H and O–H groups in total. The molecule has 168 valence electrons. The Morgan fingerprint density at radius 2 is 1.77 bits per heavy atom. The smallest absolute Gasteiger partial charge is 0.324 e. The van der Waals surface area contributed by atoms with E-state index >= 15 is 0 Å². The Kier molecular flexibility index (Phi) is 7.07. The van der Waals surface area contributed by atoms with E-state index in [4.69, 9.17) is 33.7 Å². The first kappa shape index (κ1) is 24.1. The predicted octanol–water partition coefficient (Wildman–Crippen LogP) is 5.66. The molecule has 0 saturated carbocycles. The second-order valence-electron chi connectivity index (χ2n) is 9.83. The van der Waals surface area contributed by atoms with Crippen LogP contribution in [0.4, 0.5) is 0 Å². The van der Waals surface area contributed by atoms with Crippen LogP contribution in [0.1, 0.15) is 58.1 Å². The second-order valence-corrected chi connectivity index (χ2v) is 10.7. The van der Waals surface area contributed by atoms with Gasteiger partial charge in [0.15, 0.2) is 0 Å². The van der Waals surface area contributed by atoms with Crippen molar-refractivity contribution in [3.8, 4) is 0 Å². The van der Waals surface area contributed by atoms with Crippen LogP contribution in [0.3, 0.4) is 0 Å². The van der Waals surface area contributed by atoms with E-state index in [0.717, 1.165) is 17.5 Å². The minimum atomic E-state index is -0.860. The number of rotatable bonds is 5. The molecule has 4 nitrogen and oxygen atoms in total. The summed E-state index contributed by atoms with van der Waals surface area (Å²) in [5.74, 6) is -0.302. The summed E-state index contributed by atoms with van der Waals surface area (Å²) in [5.41, 5.74) is 7.64. The predicted molar refractivity (Wildman–Crippen MR) is 128 cm³/mol. The number of hydrogen-bond acceptors (Lipinski definition) is 4. The van der Waals surface area contributed by atoms with Crippen LogP contribution in [0.25, 0.3) is 0 Å². The van der Waals surface area contributed by atoms with Crippen molar-refractivity contribution in [3.63, 3.8) is 0 Å². The number of nitrogens with two attached hydrogens (primary N) is 1. The number of carbonyl (C=O) groups is 1. The van der Waals surface area contributed by atoms with Gasteiger partial charge in [0.25, 0.3) is 0 Å². The van der Waals surface area contributed by atoms with Crippen LogP contribution in [0.5, 0.6) is 0 Å². The van der Waals surface area contributed by atoms with E-state index in [1.54, 1.807) is 0 Å². The minimum absolute atomic E-state index is 0.143. The number of benzene rings is 2. The fraction of sp³-hybridized carbons (Fsp3) is 0.480. The Hall–Kier alpha value is -1.59. The van der Waals surface area contributed by atoms with Crippen LogP contribution in [-0.4, -0.2) is 23.7 Å². The summed E-state index contributed by atoms with van der Waals surface area (Å²) in [6.07, 6.45) is 0.801. The lowest BCUT2D eigenvalue weighted by molar-refractivity contribution is -0.157. The molecule has 2 aromatic carbocycles. The number of esters is 1. The first-order chi connectivity index (χ1) is 14.4. The van der Waals surface area contributed by atoms with Gasteiger partial charge in [-0.05, 0) is 68.5 Å². The van der Waals surface area contributed by atoms with Crippen LogP contribution in [0.15, 0.2) is 48.5 Å². The first-order valence-electron chi connectivity index (χ1n) is 10.7. The van der Waals surface area contributed by atoms with Crippen molar-refractivity contribution < 1.29 is 9.53 Å². The molecule has 1 saturated heterocycles. The standard InChI is InChI=1S/C25H32Cl2N2O2/c1-15(2)13-20-25(28,17-9-11-18(26)12-10-17)21(16-7-6-8-19(27)14-16)22(29-20)23(30)31-24(3,4)5/h6-12,14-15,20-22,29H,13,28H2,1-5H3. The highest BCUT2D eigenvalue weighted by molar-refractivity contribution is 6.30. The van der Waals surface area contributed by atoms with Gasteiger partial charge in [0, 0.05) is 22.0 Å². The summed E-state index contributed by atoms with van der Waals surface area (Å²) in [6, 6.07) is 14.4. The molecule has 0 radical (unpaired) electrons. The number of carbonyl (C=O) groups excluding carboxylic acids is 1. The van der Waals surface area contributed by atoms with Crippen LogP contribution in [-0.2, 0) is 15.1 Å². The topological polar surface area (TPSA) is 64.3 Å². The van der Waals surface area contributed by atoms with Gasteiger partial charge in [0.2, 0.25) is 0 Å². The third-order valence-electron chi connectivity index (χ3n) is 5.73. The van der Waals surface area contributed by atoms with E-state index in [-0.39, 0.29) is 17.9 Å². The van der Waals surface area contributed by atoms with Crippen molar-refractivity contribution in [1.82, 2.24) is 5.32 Å². The molecule has 31 heavy (non-hydrogen) atoms. The maximum absolute atomic E-state index is 13.3. The lowest BCUT2D eigenvalue weighted by Gasteiger charge is -2.38. The Labute approximate surface area is 195 Å². The van der Waals surface area contributed by atoms with E-state index in [1.807, 2.05) is 69.3 Å². The van der Waals surface area contributed by atoms with Gasteiger partial charge in [-0.15, -0.1) is 0 Å². The molecule has 6 heteroatoms. The summed E-state index contributed by atoms with van der Waals surface area (Å²) >= 11 is 12.5. The summed E-state index contributed by atoms with van der Waals surface area (Å²) in [7, 11) is 0. The average molecular weight is 463 g/mol. The van der Waals surface area contributed by atoms with Crippen LogP contribution < -0.4 is 11.1 Å². The summed E-state index contributed by atoms with van der Waals surface area (Å²) in [5, 5.41) is 4.78. The Bertz CT molecular complexity index is 924. The summed E-state index contributed by atoms with van der Waals surface area (Å²) in [6.45, 7) is 9.91. The molecule has 0 spiro atoms. The molecule has 1 fully saturated rings. The van der Waals surface area contributed by atoms with Gasteiger partial charge in [0.1, 0.15) is 11.6 Å². The van der Waals surface area contributed by atoms with Gasteiger partial charge >= 0.3 is 5.97 Å². The minimum Gasteiger partial charge on any atom is -0.459 e. The highest BCUT2D eigenvalue weighted by atomic mass is 35.5. The highest BCUT2D eigenvalue weighted by Gasteiger charge is 2.57. The number of halogens is 2. The zero-order valence-corrected chi connectivity index (χ0v) is 20.3. The largest absolute Gasteiger partial charge is 0.459 e. The molecule has 4 unspecified atom stereocenters. The SMILES string of the molecule is CC(C)CC1NC(C(=O)OC(C)(C)C)C(c2cccc(Cl)c2)C1(N)c1ccc(Cl)cc1. The molecular weight excluding hydrogens is 431 g/mol. The average Bonchev–Trinajstić information content (AvgIpc) is 2.94. The molecule has 4 atom stereocenters. The first-order valence-corrected chi connectivity index (χ1v) is 11.5. The van der Waals surface area contributed by atoms with Gasteiger partial charge in [-0.2, -0.15) is 0 Å². The van der Waals surface area contributed by atoms with E-state index in [2.05, 4.69) is 19.2 Å². The van der Waals surface area contributed by atoms with Gasteiger partial charge in [-0.3, -0.25) is 10.1 Å². The normalized spacial score (nSPS) is 26.3. The molecular formula is C25H32Cl2N2O2. The summed E-state index contributed by atoms with van der Waals surface area (Å²) in [4.78, 5) is 13.3. The third kappa shape index (κ3) is 5.25. The molecule has 1 aliphatic rings. The van der Waals surface area contributed by atoms with Crippen molar-refractivity contribution in [2.75, 3.05) is 0 Å². The van der Waals surface area contributed by atoms with Crippen molar-refractivity contribution in [2.45, 2.75) is 70.2 Å². The lowest BCUT2D eigenvalue weighted by atomic mass is 9.70. The zero-order chi connectivity index (χ0) is 23.0. The number of hydrogen-bond donors (Lipinski definition) is 2. The van der Waals surface area contributed by atoms with E-state index < -0.39 is 17.2 Å². The summed E-state index contributed by atoms with van der Waals surface area (Å²) < 4.78 is 5.79. The quantitative estimate of drug-likeness (QED) is 0.562. The van der Waals surface area contributed by atoms with Crippen molar-refractivity contribution >= 4 is 29.2 Å². The monoisotopic (exact) mass is 462 g/mol. The van der Waals surface area contributed by atoms with E-state index in [0.29, 0.717) is 16.0 Å². The molecule has 3 rings (SSSR count). The second kappa shape index (κ2) is 9.11. The van der Waals surface area contributed by atoms with Gasteiger partial charge in [0.05, 0.1) is 5.54 Å². The van der Waals surface area contributed by atoms with E-state index in [1.165, 1.54) is 0 Å². The maximum Gasteiger partial charge on any atom is 0.324 e. The maximum atomic E-state index is 13.3. The van der Waals surface area contributed by atoms with Crippen LogP contribution in [0, 0.1) is 5.92 Å². The number of ether oxygens (including phenoxy) is 1. The fourth-order valence-corrected chi connectivity index (χ4v) is 4.86. The zero-order valence-electron chi connectivity index (χ0n) is 18.8. The Morgan fingerprint density at radius 1 is 1.13 bits per heavy atom. The van der Waals surface area contributed by atoms with Gasteiger partial charge < -0.3 is 10.5 Å². The van der Waals surface area contributed by atoms with Crippen molar-refractivity contribution in [2.24, 2.45) is 11.7 Å². The molecule has 1 aliphatic heterocycles. The van der Waals surface area contributed by atoms with Crippen molar-refractivity contribution in [1.29, 1.82) is 0 Å². The Balaban J connectivity index is 2.18. The van der Waals surface area contributed by atoms with Gasteiger partial charge in [-0.1, -0.05) is 61.3 Å². The highest BCUT2D eigenvalue weighted by Crippen LogP contribution is 2.47. The molecule has 0 amide bonds. The van der Waals surface area contributed by atoms with Gasteiger partial charge in [-0.25, -0.2) is 0 Å².